The number of anilines is 1. The Balaban J connectivity index is 2.22. The Morgan fingerprint density at radius 2 is 1.60 bits per heavy atom. The van der Waals surface area contributed by atoms with E-state index in [4.69, 9.17) is 4.74 Å². The number of hydrogen-bond acceptors (Lipinski definition) is 4. The number of ether oxygens (including phenoxy) is 1. The predicted octanol–water partition coefficient (Wildman–Crippen LogP) is 4.00. The molecule has 0 saturated heterocycles. The Morgan fingerprint density at radius 3 is 2.07 bits per heavy atom. The summed E-state index contributed by atoms with van der Waals surface area (Å²) in [6.45, 7) is 15.9. The number of carbonyl (C=O) groups is 2. The van der Waals surface area contributed by atoms with Gasteiger partial charge in [0.1, 0.15) is 5.82 Å². The Kier molecular flexibility index (Phi) is 7.55. The van der Waals surface area contributed by atoms with E-state index in [9.17, 15) is 9.59 Å². The van der Waals surface area contributed by atoms with Crippen LogP contribution in [-0.2, 0) is 9.53 Å². The number of esters is 1. The minimum absolute atomic E-state index is 0.156. The van der Waals surface area contributed by atoms with Gasteiger partial charge in [-0.15, -0.1) is 0 Å². The molecule has 1 heterocycles. The molecular weight excluding hydrogens is 408 g/mol. The van der Waals surface area contributed by atoms with E-state index in [0.717, 1.165) is 5.56 Å². The molecule has 2 aromatic rings. The molecule has 30 heavy (non-hydrogen) atoms. The number of benzene rings is 1. The molecule has 1 aromatic carbocycles. The third kappa shape index (κ3) is 6.78. The summed E-state index contributed by atoms with van der Waals surface area (Å²) in [4.78, 5) is 28.6. The summed E-state index contributed by atoms with van der Waals surface area (Å²) >= 11 is 0. The molecule has 0 saturated carbocycles. The standard InChI is InChI=1S/C23H32N2O3Si2/c1-8-28-22(26)12-10-17-9-11-21(24-16-17)25-23(27)18-13-19(29(2,3)4)15-20(14-18)30(5,6)7/h9-16H,8H2,1-7H3,(H,24,25,27). The molecule has 1 N–H and O–H groups in total. The summed E-state index contributed by atoms with van der Waals surface area (Å²) in [7, 11) is -3.13. The lowest BCUT2D eigenvalue weighted by Gasteiger charge is -2.24. The van der Waals surface area contributed by atoms with E-state index in [-0.39, 0.29) is 5.91 Å². The fourth-order valence-corrected chi connectivity index (χ4v) is 5.24. The van der Waals surface area contributed by atoms with Crippen molar-refractivity contribution in [3.05, 3.63) is 53.7 Å². The highest BCUT2D eigenvalue weighted by Gasteiger charge is 2.24. The molecule has 7 heteroatoms. The molecule has 0 spiro atoms. The van der Waals surface area contributed by atoms with Crippen molar-refractivity contribution < 1.29 is 14.3 Å². The molecule has 1 amide bonds. The number of nitrogens with one attached hydrogen (secondary N) is 1. The van der Waals surface area contributed by atoms with Gasteiger partial charge in [0.05, 0.1) is 22.8 Å². The maximum Gasteiger partial charge on any atom is 0.330 e. The highest BCUT2D eigenvalue weighted by Crippen LogP contribution is 2.12. The first-order chi connectivity index (χ1) is 13.9. The van der Waals surface area contributed by atoms with E-state index in [0.29, 0.717) is 18.0 Å². The third-order valence-corrected chi connectivity index (χ3v) is 8.70. The molecule has 0 radical (unpaired) electrons. The minimum Gasteiger partial charge on any atom is -0.463 e. The first kappa shape index (κ1) is 23.8. The topological polar surface area (TPSA) is 68.3 Å². The van der Waals surface area contributed by atoms with E-state index in [1.54, 1.807) is 31.3 Å². The van der Waals surface area contributed by atoms with Gasteiger partial charge in [0.25, 0.3) is 5.91 Å². The van der Waals surface area contributed by atoms with Crippen LogP contribution in [0.2, 0.25) is 39.3 Å². The molecule has 0 aliphatic carbocycles. The van der Waals surface area contributed by atoms with Crippen LogP contribution in [-0.4, -0.2) is 39.6 Å². The lowest BCUT2D eigenvalue weighted by molar-refractivity contribution is -0.137. The van der Waals surface area contributed by atoms with Gasteiger partial charge in [0.15, 0.2) is 0 Å². The normalized spacial score (nSPS) is 12.1. The lowest BCUT2D eigenvalue weighted by Crippen LogP contribution is -2.46. The van der Waals surface area contributed by atoms with E-state index in [2.05, 4.69) is 55.6 Å². The maximum atomic E-state index is 12.9. The fourth-order valence-electron chi connectivity index (χ4n) is 2.75. The van der Waals surface area contributed by atoms with Gasteiger partial charge in [-0.3, -0.25) is 4.79 Å². The van der Waals surface area contributed by atoms with Crippen LogP contribution in [0.5, 0.6) is 0 Å². The quantitative estimate of drug-likeness (QED) is 0.401. The summed E-state index contributed by atoms with van der Waals surface area (Å²) in [6, 6.07) is 9.89. The van der Waals surface area contributed by atoms with Crippen LogP contribution in [0.4, 0.5) is 5.82 Å². The van der Waals surface area contributed by atoms with Crippen LogP contribution in [0, 0.1) is 0 Å². The Bertz CT molecular complexity index is 908. The predicted molar refractivity (Wildman–Crippen MR) is 130 cm³/mol. The highest BCUT2D eigenvalue weighted by atomic mass is 28.3. The monoisotopic (exact) mass is 440 g/mol. The molecule has 1 aromatic heterocycles. The molecule has 160 valence electrons. The van der Waals surface area contributed by atoms with Crippen LogP contribution in [0.3, 0.4) is 0 Å². The van der Waals surface area contributed by atoms with Crippen LogP contribution in [0.1, 0.15) is 22.8 Å². The number of nitrogens with zero attached hydrogens (tertiary/aromatic N) is 1. The third-order valence-electron chi connectivity index (χ3n) is 4.65. The molecule has 0 bridgehead atoms. The van der Waals surface area contributed by atoms with Crippen molar-refractivity contribution in [1.29, 1.82) is 0 Å². The van der Waals surface area contributed by atoms with Gasteiger partial charge >= 0.3 is 5.97 Å². The zero-order chi connectivity index (χ0) is 22.5. The number of pyridine rings is 1. The molecule has 0 aliphatic rings. The first-order valence-corrected chi connectivity index (χ1v) is 17.2. The van der Waals surface area contributed by atoms with E-state index in [1.807, 2.05) is 12.1 Å². The van der Waals surface area contributed by atoms with Gasteiger partial charge in [-0.1, -0.05) is 67.9 Å². The van der Waals surface area contributed by atoms with Crippen molar-refractivity contribution in [3.63, 3.8) is 0 Å². The second-order valence-electron chi connectivity index (χ2n) is 9.32. The van der Waals surface area contributed by atoms with Crippen molar-refractivity contribution in [2.24, 2.45) is 0 Å². The molecular formula is C23H32N2O3Si2. The smallest absolute Gasteiger partial charge is 0.330 e. The summed E-state index contributed by atoms with van der Waals surface area (Å²) in [6.07, 6.45) is 4.60. The zero-order valence-electron chi connectivity index (χ0n) is 19.0. The Hall–Kier alpha value is -2.52. The van der Waals surface area contributed by atoms with Gasteiger partial charge in [-0.2, -0.15) is 0 Å². The van der Waals surface area contributed by atoms with Crippen LogP contribution in [0.25, 0.3) is 6.08 Å². The number of rotatable bonds is 7. The molecule has 5 nitrogen and oxygen atoms in total. The van der Waals surface area contributed by atoms with Crippen LogP contribution < -0.4 is 15.7 Å². The van der Waals surface area contributed by atoms with Gasteiger partial charge in [-0.25, -0.2) is 9.78 Å². The maximum absolute atomic E-state index is 12.9. The molecule has 0 unspecified atom stereocenters. The van der Waals surface area contributed by atoms with Gasteiger partial charge < -0.3 is 10.1 Å². The minimum atomic E-state index is -1.56. The van der Waals surface area contributed by atoms with Gasteiger partial charge in [0, 0.05) is 17.8 Å². The fraction of sp³-hybridized carbons (Fsp3) is 0.348. The van der Waals surface area contributed by atoms with Crippen molar-refractivity contribution in [3.8, 4) is 0 Å². The summed E-state index contributed by atoms with van der Waals surface area (Å²) in [5, 5.41) is 5.48. The number of aromatic nitrogens is 1. The largest absolute Gasteiger partial charge is 0.463 e. The second-order valence-corrected chi connectivity index (χ2v) is 19.5. The summed E-state index contributed by atoms with van der Waals surface area (Å²) < 4.78 is 4.86. The number of hydrogen-bond donors (Lipinski definition) is 1. The molecule has 0 aliphatic heterocycles. The summed E-state index contributed by atoms with van der Waals surface area (Å²) in [5.41, 5.74) is 1.43. The molecule has 0 fully saturated rings. The van der Waals surface area contributed by atoms with Crippen molar-refractivity contribution >= 4 is 50.3 Å². The van der Waals surface area contributed by atoms with E-state index in [1.165, 1.54) is 16.4 Å². The first-order valence-electron chi connectivity index (χ1n) is 10.2. The van der Waals surface area contributed by atoms with Crippen molar-refractivity contribution in [2.45, 2.75) is 46.2 Å². The average molecular weight is 441 g/mol. The SMILES string of the molecule is CCOC(=O)C=Cc1ccc(NC(=O)c2cc([Si](C)(C)C)cc([Si](C)(C)C)c2)nc1. The Morgan fingerprint density at radius 1 is 1.00 bits per heavy atom. The zero-order valence-corrected chi connectivity index (χ0v) is 21.0. The average Bonchev–Trinajstić information content (AvgIpc) is 2.66. The van der Waals surface area contributed by atoms with Gasteiger partial charge in [0.2, 0.25) is 0 Å². The number of amides is 1. The lowest BCUT2D eigenvalue weighted by atomic mass is 10.2. The molecule has 0 atom stereocenters. The van der Waals surface area contributed by atoms with E-state index < -0.39 is 22.1 Å². The van der Waals surface area contributed by atoms with Crippen molar-refractivity contribution in [1.82, 2.24) is 4.98 Å². The Labute approximate surface area is 181 Å². The van der Waals surface area contributed by atoms with Crippen LogP contribution in [0.15, 0.2) is 42.6 Å². The van der Waals surface area contributed by atoms with Crippen molar-refractivity contribution in [2.75, 3.05) is 11.9 Å². The highest BCUT2D eigenvalue weighted by molar-refractivity contribution is 6.91. The number of carbonyl (C=O) groups excluding carboxylic acids is 2. The van der Waals surface area contributed by atoms with E-state index >= 15 is 0 Å². The molecule has 2 rings (SSSR count). The second kappa shape index (κ2) is 9.53. The summed E-state index contributed by atoms with van der Waals surface area (Å²) in [5.74, 6) is -0.0754. The van der Waals surface area contributed by atoms with Gasteiger partial charge in [-0.05, 0) is 30.7 Å². The van der Waals surface area contributed by atoms with Crippen LogP contribution >= 0.6 is 0 Å².